The molecule has 1 heterocycles. The predicted octanol–water partition coefficient (Wildman–Crippen LogP) is 3.64. The Morgan fingerprint density at radius 2 is 2.00 bits per heavy atom. The molecule has 26 heavy (non-hydrogen) atoms. The van der Waals surface area contributed by atoms with Crippen molar-refractivity contribution in [3.8, 4) is 0 Å². The van der Waals surface area contributed by atoms with Gasteiger partial charge in [0.05, 0.1) is 0 Å². The monoisotopic (exact) mass is 391 g/mol. The number of thiophene rings is 1. The van der Waals surface area contributed by atoms with Crippen molar-refractivity contribution in [1.29, 1.82) is 0 Å². The SMILES string of the molecule is C[C@H]1CCc2sc(C(=O)OCC(=O)NC(=O)c3ccc(Cl)cc3)cc2C1. The summed E-state index contributed by atoms with van der Waals surface area (Å²) >= 11 is 7.18. The summed E-state index contributed by atoms with van der Waals surface area (Å²) in [7, 11) is 0. The first-order chi connectivity index (χ1) is 12.4. The summed E-state index contributed by atoms with van der Waals surface area (Å²) in [5, 5.41) is 2.68. The molecule has 0 radical (unpaired) electrons. The van der Waals surface area contributed by atoms with E-state index in [-0.39, 0.29) is 0 Å². The van der Waals surface area contributed by atoms with Crippen molar-refractivity contribution in [1.82, 2.24) is 5.32 Å². The highest BCUT2D eigenvalue weighted by atomic mass is 35.5. The number of hydrogen-bond acceptors (Lipinski definition) is 5. The van der Waals surface area contributed by atoms with E-state index in [1.165, 1.54) is 33.9 Å². The van der Waals surface area contributed by atoms with Crippen LogP contribution in [-0.2, 0) is 22.4 Å². The van der Waals surface area contributed by atoms with Crippen molar-refractivity contribution in [2.45, 2.75) is 26.2 Å². The largest absolute Gasteiger partial charge is 0.451 e. The normalized spacial score (nSPS) is 15.8. The number of benzene rings is 1. The Hall–Kier alpha value is -2.18. The number of ether oxygens (including phenoxy) is 1. The maximum absolute atomic E-state index is 12.2. The van der Waals surface area contributed by atoms with E-state index in [0.717, 1.165) is 19.3 Å². The summed E-state index contributed by atoms with van der Waals surface area (Å²) < 4.78 is 5.04. The lowest BCUT2D eigenvalue weighted by Gasteiger charge is -2.16. The van der Waals surface area contributed by atoms with Crippen LogP contribution in [0.4, 0.5) is 0 Å². The van der Waals surface area contributed by atoms with Crippen molar-refractivity contribution in [2.24, 2.45) is 5.92 Å². The van der Waals surface area contributed by atoms with Gasteiger partial charge >= 0.3 is 5.97 Å². The van der Waals surface area contributed by atoms with Crippen LogP contribution in [0.3, 0.4) is 0 Å². The lowest BCUT2D eigenvalue weighted by molar-refractivity contribution is -0.123. The van der Waals surface area contributed by atoms with Gasteiger partial charge in [-0.1, -0.05) is 18.5 Å². The minimum absolute atomic E-state index is 0.300. The minimum Gasteiger partial charge on any atom is -0.451 e. The molecule has 0 fully saturated rings. The second kappa shape index (κ2) is 8.01. The fourth-order valence-electron chi connectivity index (χ4n) is 2.84. The lowest BCUT2D eigenvalue weighted by atomic mass is 9.90. The third-order valence-electron chi connectivity index (χ3n) is 4.22. The Labute approximate surface area is 160 Å². The van der Waals surface area contributed by atoms with E-state index in [1.807, 2.05) is 6.07 Å². The van der Waals surface area contributed by atoms with Crippen molar-refractivity contribution in [3.63, 3.8) is 0 Å². The molecule has 1 atom stereocenters. The van der Waals surface area contributed by atoms with Crippen LogP contribution in [0.2, 0.25) is 5.02 Å². The number of esters is 1. The quantitative estimate of drug-likeness (QED) is 0.807. The average molecular weight is 392 g/mol. The van der Waals surface area contributed by atoms with Crippen LogP contribution >= 0.6 is 22.9 Å². The first-order valence-electron chi connectivity index (χ1n) is 8.31. The Bertz CT molecular complexity index is 844. The molecule has 1 aromatic carbocycles. The Balaban J connectivity index is 1.52. The second-order valence-corrected chi connectivity index (χ2v) is 7.94. The molecule has 1 N–H and O–H groups in total. The summed E-state index contributed by atoms with van der Waals surface area (Å²) in [6.07, 6.45) is 3.07. The molecule has 3 rings (SSSR count). The molecule has 0 bridgehead atoms. The molecular weight excluding hydrogens is 374 g/mol. The standard InChI is InChI=1S/C19H18ClNO4S/c1-11-2-7-15-13(8-11)9-16(26-15)19(24)25-10-17(22)21-18(23)12-3-5-14(20)6-4-12/h3-6,9,11H,2,7-8,10H2,1H3,(H,21,22,23)/t11-/m0/s1. The number of carbonyl (C=O) groups is 3. The van der Waals surface area contributed by atoms with Crippen molar-refractivity contribution in [2.75, 3.05) is 6.61 Å². The van der Waals surface area contributed by atoms with E-state index >= 15 is 0 Å². The number of imide groups is 1. The summed E-state index contributed by atoms with van der Waals surface area (Å²) in [6.45, 7) is 1.69. The van der Waals surface area contributed by atoms with Gasteiger partial charge in [-0.05, 0) is 61.1 Å². The zero-order valence-electron chi connectivity index (χ0n) is 14.2. The van der Waals surface area contributed by atoms with Gasteiger partial charge in [0.2, 0.25) is 0 Å². The molecule has 5 nitrogen and oxygen atoms in total. The molecule has 0 spiro atoms. The molecule has 7 heteroatoms. The van der Waals surface area contributed by atoms with E-state index in [4.69, 9.17) is 16.3 Å². The van der Waals surface area contributed by atoms with Crippen molar-refractivity contribution < 1.29 is 19.1 Å². The third-order valence-corrected chi connectivity index (χ3v) is 5.69. The minimum atomic E-state index is -0.673. The van der Waals surface area contributed by atoms with Gasteiger partial charge in [-0.25, -0.2) is 4.79 Å². The molecule has 0 aliphatic heterocycles. The Morgan fingerprint density at radius 1 is 1.27 bits per heavy atom. The number of nitrogens with one attached hydrogen (secondary N) is 1. The number of fused-ring (bicyclic) bond motifs is 1. The van der Waals surface area contributed by atoms with E-state index < -0.39 is 24.4 Å². The molecule has 136 valence electrons. The Kier molecular flexibility index (Phi) is 5.74. The van der Waals surface area contributed by atoms with E-state index in [9.17, 15) is 14.4 Å². The fourth-order valence-corrected chi connectivity index (χ4v) is 4.07. The van der Waals surface area contributed by atoms with Gasteiger partial charge < -0.3 is 4.74 Å². The number of rotatable bonds is 4. The van der Waals surface area contributed by atoms with Crippen LogP contribution in [0.5, 0.6) is 0 Å². The number of hydrogen-bond donors (Lipinski definition) is 1. The van der Waals surface area contributed by atoms with E-state index in [0.29, 0.717) is 21.4 Å². The first-order valence-corrected chi connectivity index (χ1v) is 9.50. The maximum atomic E-state index is 12.2. The molecule has 2 amide bonds. The molecule has 1 aliphatic rings. The second-order valence-electron chi connectivity index (χ2n) is 6.37. The molecule has 1 aromatic heterocycles. The zero-order chi connectivity index (χ0) is 18.7. The maximum Gasteiger partial charge on any atom is 0.348 e. The molecule has 1 aliphatic carbocycles. The highest BCUT2D eigenvalue weighted by molar-refractivity contribution is 7.14. The summed E-state index contributed by atoms with van der Waals surface area (Å²) in [5.41, 5.74) is 1.50. The van der Waals surface area contributed by atoms with Gasteiger partial charge in [0, 0.05) is 15.5 Å². The van der Waals surface area contributed by atoms with Crippen LogP contribution in [-0.4, -0.2) is 24.4 Å². The van der Waals surface area contributed by atoms with Crippen LogP contribution < -0.4 is 5.32 Å². The lowest BCUT2D eigenvalue weighted by Crippen LogP contribution is -2.34. The number of halogens is 1. The molecule has 2 aromatic rings. The zero-order valence-corrected chi connectivity index (χ0v) is 15.8. The number of aryl methyl sites for hydroxylation is 1. The van der Waals surface area contributed by atoms with Gasteiger partial charge in [-0.3, -0.25) is 14.9 Å². The number of carbonyl (C=O) groups excluding carboxylic acids is 3. The molecule has 0 saturated carbocycles. The van der Waals surface area contributed by atoms with Crippen LogP contribution in [0.25, 0.3) is 0 Å². The van der Waals surface area contributed by atoms with Gasteiger partial charge in [0.15, 0.2) is 6.61 Å². The highest BCUT2D eigenvalue weighted by Gasteiger charge is 2.22. The molecule has 0 unspecified atom stereocenters. The average Bonchev–Trinajstić information content (AvgIpc) is 3.03. The summed E-state index contributed by atoms with van der Waals surface area (Å²) in [6, 6.07) is 7.98. The molecule has 0 saturated heterocycles. The van der Waals surface area contributed by atoms with Gasteiger partial charge in [0.1, 0.15) is 4.88 Å². The number of amides is 2. The molecular formula is C19H18ClNO4S. The highest BCUT2D eigenvalue weighted by Crippen LogP contribution is 2.32. The predicted molar refractivity (Wildman–Crippen MR) is 99.7 cm³/mol. The smallest absolute Gasteiger partial charge is 0.348 e. The van der Waals surface area contributed by atoms with E-state index in [2.05, 4.69) is 12.2 Å². The van der Waals surface area contributed by atoms with Crippen molar-refractivity contribution >= 4 is 40.7 Å². The topological polar surface area (TPSA) is 72.5 Å². The van der Waals surface area contributed by atoms with Crippen LogP contribution in [0.1, 0.15) is 43.8 Å². The summed E-state index contributed by atoms with van der Waals surface area (Å²) in [4.78, 5) is 37.6. The summed E-state index contributed by atoms with van der Waals surface area (Å²) in [5.74, 6) is -1.16. The van der Waals surface area contributed by atoms with Crippen LogP contribution in [0.15, 0.2) is 30.3 Å². The first kappa shape index (κ1) is 18.6. The Morgan fingerprint density at radius 3 is 2.73 bits per heavy atom. The van der Waals surface area contributed by atoms with Crippen LogP contribution in [0, 0.1) is 5.92 Å². The van der Waals surface area contributed by atoms with Gasteiger partial charge in [-0.15, -0.1) is 11.3 Å². The fraction of sp³-hybridized carbons (Fsp3) is 0.316. The van der Waals surface area contributed by atoms with E-state index in [1.54, 1.807) is 12.1 Å². The van der Waals surface area contributed by atoms with Gasteiger partial charge in [-0.2, -0.15) is 0 Å². The van der Waals surface area contributed by atoms with Gasteiger partial charge in [0.25, 0.3) is 11.8 Å². The third kappa shape index (κ3) is 4.51. The van der Waals surface area contributed by atoms with Crippen molar-refractivity contribution in [3.05, 3.63) is 56.2 Å².